The summed E-state index contributed by atoms with van der Waals surface area (Å²) in [6, 6.07) is 4.06. The highest BCUT2D eigenvalue weighted by atomic mass is 16.3. The summed E-state index contributed by atoms with van der Waals surface area (Å²) in [4.78, 5) is 0. The molecule has 1 aliphatic carbocycles. The van der Waals surface area contributed by atoms with Crippen LogP contribution in [0.2, 0.25) is 0 Å². The number of aliphatic hydroxyl groups excluding tert-OH is 1. The molecular formula is C17H27NO2. The summed E-state index contributed by atoms with van der Waals surface area (Å²) in [7, 11) is 0. The van der Waals surface area contributed by atoms with Crippen molar-refractivity contribution in [3.05, 3.63) is 28.8 Å². The van der Waals surface area contributed by atoms with Gasteiger partial charge >= 0.3 is 0 Å². The molecule has 112 valence electrons. The van der Waals surface area contributed by atoms with Crippen molar-refractivity contribution in [2.24, 2.45) is 5.41 Å². The lowest BCUT2D eigenvalue weighted by molar-refractivity contribution is 0.0810. The number of aliphatic hydroxyl groups is 1. The minimum absolute atomic E-state index is 0.0826. The Morgan fingerprint density at radius 3 is 2.25 bits per heavy atom. The number of aryl methyl sites for hydroxylation is 2. The van der Waals surface area contributed by atoms with Gasteiger partial charge in [-0.25, -0.2) is 0 Å². The highest BCUT2D eigenvalue weighted by Gasteiger charge is 2.30. The fourth-order valence-corrected chi connectivity index (χ4v) is 3.31. The first-order valence-corrected chi connectivity index (χ1v) is 7.67. The standard InChI is InChI=1S/C17H27NO2/c1-13-8-15(9-14(2)16(13)20)10-18-11-17(12-19)6-4-3-5-7-17/h8-9,18-20H,3-7,10-12H2,1-2H3. The third-order valence-corrected chi connectivity index (χ3v) is 4.63. The quantitative estimate of drug-likeness (QED) is 0.775. The van der Waals surface area contributed by atoms with E-state index in [0.29, 0.717) is 5.75 Å². The van der Waals surface area contributed by atoms with Crippen molar-refractivity contribution in [3.8, 4) is 5.75 Å². The van der Waals surface area contributed by atoms with Gasteiger partial charge in [0, 0.05) is 25.1 Å². The maximum Gasteiger partial charge on any atom is 0.121 e. The lowest BCUT2D eigenvalue weighted by Crippen LogP contribution is -2.38. The van der Waals surface area contributed by atoms with Gasteiger partial charge in [0.15, 0.2) is 0 Å². The van der Waals surface area contributed by atoms with Gasteiger partial charge in [0.1, 0.15) is 5.75 Å². The summed E-state index contributed by atoms with van der Waals surface area (Å²) >= 11 is 0. The van der Waals surface area contributed by atoms with Gasteiger partial charge in [-0.3, -0.25) is 0 Å². The van der Waals surface area contributed by atoms with Gasteiger partial charge in [0.25, 0.3) is 0 Å². The zero-order valence-electron chi connectivity index (χ0n) is 12.7. The predicted molar refractivity (Wildman–Crippen MR) is 81.9 cm³/mol. The molecule has 0 bridgehead atoms. The highest BCUT2D eigenvalue weighted by molar-refractivity contribution is 5.42. The van der Waals surface area contributed by atoms with Crippen molar-refractivity contribution < 1.29 is 10.2 Å². The fraction of sp³-hybridized carbons (Fsp3) is 0.647. The second kappa shape index (κ2) is 6.59. The Kier molecular flexibility index (Phi) is 5.06. The molecule has 1 aromatic carbocycles. The van der Waals surface area contributed by atoms with E-state index < -0.39 is 0 Å². The van der Waals surface area contributed by atoms with E-state index in [-0.39, 0.29) is 12.0 Å². The maximum atomic E-state index is 9.79. The predicted octanol–water partition coefficient (Wildman–Crippen LogP) is 3.04. The van der Waals surface area contributed by atoms with Gasteiger partial charge in [-0.05, 0) is 43.4 Å². The summed E-state index contributed by atoms with van der Waals surface area (Å²) in [6.07, 6.45) is 6.03. The number of rotatable bonds is 5. The molecule has 0 saturated heterocycles. The molecule has 0 heterocycles. The van der Waals surface area contributed by atoms with Gasteiger partial charge in [-0.1, -0.05) is 31.4 Å². The molecule has 0 radical (unpaired) electrons. The van der Waals surface area contributed by atoms with Crippen LogP contribution in [0.5, 0.6) is 5.75 Å². The molecule has 0 unspecified atom stereocenters. The first-order valence-electron chi connectivity index (χ1n) is 7.67. The smallest absolute Gasteiger partial charge is 0.121 e. The Bertz CT molecular complexity index is 427. The van der Waals surface area contributed by atoms with Crippen LogP contribution in [0.1, 0.15) is 48.8 Å². The lowest BCUT2D eigenvalue weighted by atomic mass is 9.74. The van der Waals surface area contributed by atoms with E-state index in [1.54, 1.807) is 0 Å². The SMILES string of the molecule is Cc1cc(CNCC2(CO)CCCCC2)cc(C)c1O. The number of hydrogen-bond acceptors (Lipinski definition) is 3. The average molecular weight is 277 g/mol. The Hall–Kier alpha value is -1.06. The Labute approximate surface area is 122 Å². The van der Waals surface area contributed by atoms with Crippen LogP contribution < -0.4 is 5.32 Å². The van der Waals surface area contributed by atoms with E-state index in [0.717, 1.165) is 37.1 Å². The van der Waals surface area contributed by atoms with Gasteiger partial charge in [-0.15, -0.1) is 0 Å². The monoisotopic (exact) mass is 277 g/mol. The molecule has 2 rings (SSSR count). The van der Waals surface area contributed by atoms with Crippen LogP contribution in [0.15, 0.2) is 12.1 Å². The second-order valence-corrected chi connectivity index (χ2v) is 6.40. The highest BCUT2D eigenvalue weighted by Crippen LogP contribution is 2.35. The van der Waals surface area contributed by atoms with Crippen LogP contribution in [-0.2, 0) is 6.54 Å². The van der Waals surface area contributed by atoms with Crippen LogP contribution >= 0.6 is 0 Å². The number of nitrogens with one attached hydrogen (secondary N) is 1. The summed E-state index contributed by atoms with van der Waals surface area (Å²) in [6.45, 7) is 5.82. The zero-order chi connectivity index (χ0) is 14.6. The van der Waals surface area contributed by atoms with Crippen LogP contribution in [0, 0.1) is 19.3 Å². The first-order chi connectivity index (χ1) is 9.56. The molecule has 0 amide bonds. The Morgan fingerprint density at radius 2 is 1.70 bits per heavy atom. The van der Waals surface area contributed by atoms with Gasteiger partial charge in [0.05, 0.1) is 0 Å². The molecule has 0 aromatic heterocycles. The molecule has 1 aromatic rings. The van der Waals surface area contributed by atoms with Crippen LogP contribution in [0.25, 0.3) is 0 Å². The normalized spacial score (nSPS) is 18.1. The molecule has 0 atom stereocenters. The number of aromatic hydroxyl groups is 1. The maximum absolute atomic E-state index is 9.79. The summed E-state index contributed by atoms with van der Waals surface area (Å²) in [5, 5.41) is 23.0. The van der Waals surface area contributed by atoms with Crippen LogP contribution in [0.4, 0.5) is 0 Å². The second-order valence-electron chi connectivity index (χ2n) is 6.40. The molecule has 0 spiro atoms. The summed E-state index contributed by atoms with van der Waals surface area (Å²) in [5.41, 5.74) is 3.13. The molecule has 20 heavy (non-hydrogen) atoms. The molecule has 3 heteroatoms. The molecule has 3 N–H and O–H groups in total. The van der Waals surface area contributed by atoms with E-state index in [4.69, 9.17) is 0 Å². The molecular weight excluding hydrogens is 250 g/mol. The van der Waals surface area contributed by atoms with Crippen LogP contribution in [0.3, 0.4) is 0 Å². The average Bonchev–Trinajstić information content (AvgIpc) is 2.45. The number of phenolic OH excluding ortho intramolecular Hbond substituents is 1. The Morgan fingerprint density at radius 1 is 1.10 bits per heavy atom. The van der Waals surface area contributed by atoms with Gasteiger partial charge < -0.3 is 15.5 Å². The van der Waals surface area contributed by atoms with Crippen molar-refractivity contribution in [2.45, 2.75) is 52.5 Å². The molecule has 1 fully saturated rings. The van der Waals surface area contributed by atoms with Crippen molar-refractivity contribution in [1.82, 2.24) is 5.32 Å². The van der Waals surface area contributed by atoms with Crippen LogP contribution in [-0.4, -0.2) is 23.4 Å². The number of phenols is 1. The third kappa shape index (κ3) is 3.53. The first kappa shape index (κ1) is 15.3. The summed E-state index contributed by atoms with van der Waals surface area (Å²) in [5.74, 6) is 0.396. The van der Waals surface area contributed by atoms with E-state index in [2.05, 4.69) is 5.32 Å². The van der Waals surface area contributed by atoms with Crippen molar-refractivity contribution in [1.29, 1.82) is 0 Å². The van der Waals surface area contributed by atoms with E-state index in [1.165, 1.54) is 24.8 Å². The lowest BCUT2D eigenvalue weighted by Gasteiger charge is -2.35. The third-order valence-electron chi connectivity index (χ3n) is 4.63. The Balaban J connectivity index is 1.92. The van der Waals surface area contributed by atoms with E-state index in [9.17, 15) is 10.2 Å². The van der Waals surface area contributed by atoms with E-state index in [1.807, 2.05) is 26.0 Å². The van der Waals surface area contributed by atoms with Gasteiger partial charge in [-0.2, -0.15) is 0 Å². The molecule has 1 aliphatic rings. The van der Waals surface area contributed by atoms with E-state index >= 15 is 0 Å². The van der Waals surface area contributed by atoms with Crippen molar-refractivity contribution in [2.75, 3.05) is 13.2 Å². The largest absolute Gasteiger partial charge is 0.507 e. The number of hydrogen-bond donors (Lipinski definition) is 3. The molecule has 3 nitrogen and oxygen atoms in total. The van der Waals surface area contributed by atoms with Crippen molar-refractivity contribution in [3.63, 3.8) is 0 Å². The number of benzene rings is 1. The minimum atomic E-state index is 0.0826. The fourth-order valence-electron chi connectivity index (χ4n) is 3.31. The zero-order valence-corrected chi connectivity index (χ0v) is 12.7. The minimum Gasteiger partial charge on any atom is -0.507 e. The summed E-state index contributed by atoms with van der Waals surface area (Å²) < 4.78 is 0. The van der Waals surface area contributed by atoms with Gasteiger partial charge in [0.2, 0.25) is 0 Å². The molecule has 1 saturated carbocycles. The van der Waals surface area contributed by atoms with Crippen molar-refractivity contribution >= 4 is 0 Å². The topological polar surface area (TPSA) is 52.5 Å². The molecule has 0 aliphatic heterocycles.